The van der Waals surface area contributed by atoms with Gasteiger partial charge in [0.05, 0.1) is 0 Å². The molecule has 7 heteroatoms. The Morgan fingerprint density at radius 3 is 0.826 bits per heavy atom. The van der Waals surface area contributed by atoms with Gasteiger partial charge in [0.2, 0.25) is 0 Å². The molecule has 0 aromatic carbocycles. The van der Waals surface area contributed by atoms with E-state index < -0.39 is 11.9 Å². The third kappa shape index (κ3) is 65.5. The summed E-state index contributed by atoms with van der Waals surface area (Å²) in [4.78, 5) is 29.6. The van der Waals surface area contributed by atoms with E-state index in [1.165, 1.54) is 148 Å². The molecular weight excluding hydrogens is 612 g/mol. The van der Waals surface area contributed by atoms with Crippen molar-refractivity contribution in [2.45, 2.75) is 207 Å². The molecule has 271 valence electrons. The summed E-state index contributed by atoms with van der Waals surface area (Å²) in [5.74, 6) is 0.424. The van der Waals surface area contributed by atoms with Crippen LogP contribution in [-0.4, -0.2) is 28.4 Å². The molecule has 6 nitrogen and oxygen atoms in total. The third-order valence-corrected chi connectivity index (χ3v) is 7.93. The van der Waals surface area contributed by atoms with E-state index in [-0.39, 0.29) is 0 Å². The second kappa shape index (κ2) is 48.3. The van der Waals surface area contributed by atoms with Crippen LogP contribution in [0.3, 0.4) is 0 Å². The maximum absolute atomic E-state index is 10.3. The first kappa shape index (κ1) is 51.7. The summed E-state index contributed by atoms with van der Waals surface area (Å²) in [6.45, 7) is 12.3. The SMILES string of the molecule is C=C[C-]=O.CC(C)CCCCCCCCCCCCCCC(=O)O.CC(C)CCCCCCCCCCCCCCC(=O)O.[O]=[Ti+]. The molecule has 0 aliphatic carbocycles. The number of carbonyl (C=O) groups is 2. The Hall–Kier alpha value is -1.14. The van der Waals surface area contributed by atoms with E-state index in [1.54, 1.807) is 0 Å². The number of carbonyl (C=O) groups excluding carboxylic acids is 1. The fourth-order valence-corrected chi connectivity index (χ4v) is 5.19. The van der Waals surface area contributed by atoms with Gasteiger partial charge in [-0.1, -0.05) is 182 Å². The summed E-state index contributed by atoms with van der Waals surface area (Å²) in [7, 11) is 0. The van der Waals surface area contributed by atoms with Crippen LogP contribution in [0.15, 0.2) is 12.7 Å². The summed E-state index contributed by atoms with van der Waals surface area (Å²) in [5, 5.41) is 17.0. The molecule has 0 heterocycles. The Bertz CT molecular complexity index is 572. The van der Waals surface area contributed by atoms with Crippen molar-refractivity contribution in [3.63, 3.8) is 0 Å². The van der Waals surface area contributed by atoms with Crippen LogP contribution in [0, 0.1) is 11.8 Å². The summed E-state index contributed by atoms with van der Waals surface area (Å²) in [5.41, 5.74) is 0. The molecule has 0 amide bonds. The number of hydrogen-bond donors (Lipinski definition) is 2. The molecule has 0 aliphatic heterocycles. The van der Waals surface area contributed by atoms with Crippen LogP contribution >= 0.6 is 0 Å². The summed E-state index contributed by atoms with van der Waals surface area (Å²) in [6.07, 6.45) is 37.2. The van der Waals surface area contributed by atoms with Gasteiger partial charge in [-0.25, -0.2) is 12.7 Å². The fourth-order valence-electron chi connectivity index (χ4n) is 5.19. The first-order valence-corrected chi connectivity index (χ1v) is 19.4. The average molecular weight is 688 g/mol. The molecule has 0 fully saturated rings. The van der Waals surface area contributed by atoms with Gasteiger partial charge in [-0.3, -0.25) is 9.59 Å². The van der Waals surface area contributed by atoms with Crippen LogP contribution in [0.1, 0.15) is 207 Å². The van der Waals surface area contributed by atoms with Crippen LogP contribution in [0.4, 0.5) is 0 Å². The predicted molar refractivity (Wildman–Crippen MR) is 191 cm³/mol. The number of hydrogen-bond acceptors (Lipinski definition) is 4. The summed E-state index contributed by atoms with van der Waals surface area (Å²) < 4.78 is 8.25. The second-order valence-electron chi connectivity index (χ2n) is 13.5. The van der Waals surface area contributed by atoms with Gasteiger partial charge in [0.25, 0.3) is 0 Å². The first-order chi connectivity index (χ1) is 22.2. The van der Waals surface area contributed by atoms with Gasteiger partial charge in [0.1, 0.15) is 0 Å². The van der Waals surface area contributed by atoms with Crippen molar-refractivity contribution in [1.29, 1.82) is 0 Å². The number of rotatable bonds is 31. The van der Waals surface area contributed by atoms with Crippen LogP contribution in [-0.2, 0) is 38.1 Å². The minimum absolute atomic E-state index is 0.344. The van der Waals surface area contributed by atoms with Crippen molar-refractivity contribution in [2.24, 2.45) is 11.8 Å². The van der Waals surface area contributed by atoms with Gasteiger partial charge in [-0.15, -0.1) is 0 Å². The van der Waals surface area contributed by atoms with E-state index in [9.17, 15) is 9.59 Å². The molecule has 0 saturated heterocycles. The summed E-state index contributed by atoms with van der Waals surface area (Å²) in [6, 6.07) is 0. The molecule has 0 aromatic heterocycles. The molecule has 0 radical (unpaired) electrons. The van der Waals surface area contributed by atoms with Crippen molar-refractivity contribution in [2.75, 3.05) is 0 Å². The molecule has 0 unspecified atom stereocenters. The number of carboxylic acid groups (broad SMARTS) is 2. The van der Waals surface area contributed by atoms with Crippen molar-refractivity contribution in [3.05, 3.63) is 12.7 Å². The van der Waals surface area contributed by atoms with Crippen molar-refractivity contribution < 1.29 is 48.3 Å². The quantitative estimate of drug-likeness (QED) is 0.0325. The molecule has 46 heavy (non-hydrogen) atoms. The van der Waals surface area contributed by atoms with Gasteiger partial charge in [-0.05, 0) is 31.0 Å². The van der Waals surface area contributed by atoms with Crippen LogP contribution < -0.4 is 0 Å². The van der Waals surface area contributed by atoms with Gasteiger partial charge < -0.3 is 15.0 Å². The predicted octanol–water partition coefficient (Wildman–Crippen LogP) is 12.5. The Kier molecular flexibility index (Phi) is 54.2. The normalized spacial score (nSPS) is 10.3. The molecule has 0 bridgehead atoms. The third-order valence-electron chi connectivity index (χ3n) is 7.93. The standard InChI is InChI=1S/2C18H36O2.C3H3O.O.Ti/c2*1-17(2)15-13-11-9-7-5-3-4-6-8-10-12-14-16-18(19)20;1-2-3-4;;/h2*17H,3-16H2,1-2H3,(H,19,20);2H,1H2;;/q;;-1;;+1. The minimum atomic E-state index is -0.654. The Morgan fingerprint density at radius 1 is 0.500 bits per heavy atom. The molecular formula is C39H75O6Ti. The zero-order valence-corrected chi connectivity index (χ0v) is 32.3. The van der Waals surface area contributed by atoms with E-state index in [0.717, 1.165) is 64.0 Å². The van der Waals surface area contributed by atoms with Crippen molar-refractivity contribution >= 4 is 18.2 Å². The van der Waals surface area contributed by atoms with Crippen LogP contribution in [0.5, 0.6) is 0 Å². The molecule has 0 saturated carbocycles. The van der Waals surface area contributed by atoms with E-state index in [0.29, 0.717) is 12.8 Å². The number of allylic oxidation sites excluding steroid dienone is 1. The zero-order chi connectivity index (χ0) is 35.5. The van der Waals surface area contributed by atoms with Crippen molar-refractivity contribution in [1.82, 2.24) is 0 Å². The topological polar surface area (TPSA) is 109 Å². The molecule has 0 atom stereocenters. The molecule has 0 rings (SSSR count). The maximum atomic E-state index is 10.3. The molecule has 2 N–H and O–H groups in total. The Morgan fingerprint density at radius 2 is 0.674 bits per heavy atom. The number of aliphatic carboxylic acids is 2. The Balaban J connectivity index is -0.000000327. The zero-order valence-electron chi connectivity index (χ0n) is 30.8. The monoisotopic (exact) mass is 688 g/mol. The Labute approximate surface area is 297 Å². The van der Waals surface area contributed by atoms with Crippen molar-refractivity contribution in [3.8, 4) is 0 Å². The molecule has 0 aromatic rings. The summed E-state index contributed by atoms with van der Waals surface area (Å²) >= 11 is 0.750. The first-order valence-electron chi connectivity index (χ1n) is 18.8. The van der Waals surface area contributed by atoms with Crippen LogP contribution in [0.2, 0.25) is 0 Å². The average Bonchev–Trinajstić information content (AvgIpc) is 3.02. The number of unbranched alkanes of at least 4 members (excludes halogenated alkanes) is 22. The van der Waals surface area contributed by atoms with E-state index in [4.69, 9.17) is 18.3 Å². The van der Waals surface area contributed by atoms with Gasteiger partial charge in [-0.2, -0.15) is 0 Å². The van der Waals surface area contributed by atoms with E-state index in [1.807, 2.05) is 0 Å². The van der Waals surface area contributed by atoms with Crippen LogP contribution in [0.25, 0.3) is 0 Å². The molecule has 0 spiro atoms. The fraction of sp³-hybridized carbons (Fsp3) is 0.872. The van der Waals surface area contributed by atoms with Gasteiger partial charge in [0.15, 0.2) is 0 Å². The second-order valence-corrected chi connectivity index (χ2v) is 13.5. The van der Waals surface area contributed by atoms with Gasteiger partial charge >= 0.3 is 35.7 Å². The van der Waals surface area contributed by atoms with E-state index in [2.05, 4.69) is 34.3 Å². The number of carboxylic acids is 2. The van der Waals surface area contributed by atoms with Gasteiger partial charge in [0, 0.05) is 12.8 Å². The van der Waals surface area contributed by atoms with E-state index >= 15 is 0 Å². The molecule has 0 aliphatic rings.